The van der Waals surface area contributed by atoms with Crippen molar-refractivity contribution in [3.63, 3.8) is 0 Å². The summed E-state index contributed by atoms with van der Waals surface area (Å²) in [5.74, 6) is 0.485. The molecule has 0 aromatic carbocycles. The van der Waals surface area contributed by atoms with Gasteiger partial charge < -0.3 is 15.5 Å². The van der Waals surface area contributed by atoms with E-state index in [1.165, 1.54) is 38.5 Å². The fourth-order valence-electron chi connectivity index (χ4n) is 4.50. The van der Waals surface area contributed by atoms with Gasteiger partial charge in [0, 0.05) is 37.4 Å². The molecule has 2 N–H and O–H groups in total. The van der Waals surface area contributed by atoms with Crippen LogP contribution in [0, 0.1) is 0 Å². The third kappa shape index (κ3) is 7.60. The highest BCUT2D eigenvalue weighted by atomic mass is 35.5. The number of nitrogens with one attached hydrogen (secondary N) is 2. The standard InChI is InChI=1S/C20H30ClN5O.2C2H6/c21-20-22-13-17(18(25-20)23-14-5-2-1-3-6-14)19(27)24-15-9-11-26(12-10-15)16-7-4-8-16;2*1-2/h13-16H,1-12H2,(H,24,27)(H,22,23,25);2*1-2H3. The lowest BCUT2D eigenvalue weighted by atomic mass is 9.89. The van der Waals surface area contributed by atoms with Gasteiger partial charge in [-0.2, -0.15) is 4.98 Å². The number of amides is 1. The average molecular weight is 452 g/mol. The SMILES string of the molecule is CC.CC.O=C(NC1CCN(C2CCC2)CC1)c1cnc(Cl)nc1NC1CCCCC1. The van der Waals surface area contributed by atoms with E-state index in [1.807, 2.05) is 27.7 Å². The minimum absolute atomic E-state index is 0.0907. The van der Waals surface area contributed by atoms with E-state index in [9.17, 15) is 4.79 Å². The first-order valence-electron chi connectivity index (χ1n) is 12.5. The minimum Gasteiger partial charge on any atom is -0.367 e. The maximum Gasteiger partial charge on any atom is 0.256 e. The zero-order valence-corrected chi connectivity index (χ0v) is 20.7. The summed E-state index contributed by atoms with van der Waals surface area (Å²) in [4.78, 5) is 23.8. The Labute approximate surface area is 193 Å². The highest BCUT2D eigenvalue weighted by Gasteiger charge is 2.30. The molecule has 2 heterocycles. The molecule has 0 unspecified atom stereocenters. The molecule has 1 amide bonds. The van der Waals surface area contributed by atoms with Gasteiger partial charge in [-0.3, -0.25) is 4.79 Å². The Morgan fingerprint density at radius 2 is 1.58 bits per heavy atom. The van der Waals surface area contributed by atoms with E-state index in [1.54, 1.807) is 6.20 Å². The third-order valence-corrected chi connectivity index (χ3v) is 6.59. The van der Waals surface area contributed by atoms with E-state index < -0.39 is 0 Å². The summed E-state index contributed by atoms with van der Waals surface area (Å²) < 4.78 is 0. The van der Waals surface area contributed by atoms with Gasteiger partial charge in [0.05, 0.1) is 0 Å². The second-order valence-electron chi connectivity index (χ2n) is 8.25. The predicted octanol–water partition coefficient (Wildman–Crippen LogP) is 5.67. The second-order valence-corrected chi connectivity index (χ2v) is 8.59. The Balaban J connectivity index is 0.000000807. The molecule has 1 aromatic rings. The quantitative estimate of drug-likeness (QED) is 0.564. The van der Waals surface area contributed by atoms with Gasteiger partial charge >= 0.3 is 0 Å². The Morgan fingerprint density at radius 1 is 0.935 bits per heavy atom. The zero-order valence-electron chi connectivity index (χ0n) is 19.9. The molecule has 2 aliphatic carbocycles. The first kappa shape index (κ1) is 25.9. The number of carbonyl (C=O) groups is 1. The van der Waals surface area contributed by atoms with E-state index in [4.69, 9.17) is 11.6 Å². The van der Waals surface area contributed by atoms with E-state index in [0.29, 0.717) is 17.4 Å². The topological polar surface area (TPSA) is 70.2 Å². The van der Waals surface area contributed by atoms with E-state index in [0.717, 1.165) is 44.8 Å². The zero-order chi connectivity index (χ0) is 22.6. The van der Waals surface area contributed by atoms with E-state index in [2.05, 4.69) is 25.5 Å². The summed E-state index contributed by atoms with van der Waals surface area (Å²) in [5.41, 5.74) is 0.506. The molecule has 7 heteroatoms. The predicted molar refractivity (Wildman–Crippen MR) is 130 cm³/mol. The summed E-state index contributed by atoms with van der Waals surface area (Å²) in [6, 6.07) is 1.38. The molecule has 1 saturated heterocycles. The van der Waals surface area contributed by atoms with Crippen molar-refractivity contribution in [1.29, 1.82) is 0 Å². The lowest BCUT2D eigenvalue weighted by Crippen LogP contribution is -2.49. The Bertz CT molecular complexity index is 653. The van der Waals surface area contributed by atoms with Crippen molar-refractivity contribution >= 4 is 23.3 Å². The molecule has 3 aliphatic rings. The molecule has 176 valence electrons. The Morgan fingerprint density at radius 3 is 2.16 bits per heavy atom. The number of piperidine rings is 1. The molecule has 0 atom stereocenters. The van der Waals surface area contributed by atoms with E-state index in [-0.39, 0.29) is 17.2 Å². The molecular weight excluding hydrogens is 410 g/mol. The number of rotatable bonds is 5. The lowest BCUT2D eigenvalue weighted by molar-refractivity contribution is 0.0800. The van der Waals surface area contributed by atoms with Crippen LogP contribution in [0.5, 0.6) is 0 Å². The number of nitrogens with zero attached hydrogens (tertiary/aromatic N) is 3. The summed E-state index contributed by atoms with van der Waals surface area (Å²) in [6.07, 6.45) is 13.6. The number of carbonyl (C=O) groups excluding carboxylic acids is 1. The van der Waals surface area contributed by atoms with Crippen LogP contribution in [0.2, 0.25) is 5.28 Å². The van der Waals surface area contributed by atoms with Gasteiger partial charge in [-0.25, -0.2) is 4.98 Å². The second kappa shape index (κ2) is 13.9. The van der Waals surface area contributed by atoms with Crippen molar-refractivity contribution in [2.75, 3.05) is 18.4 Å². The van der Waals surface area contributed by atoms with Crippen LogP contribution in [0.1, 0.15) is 102 Å². The highest BCUT2D eigenvalue weighted by Crippen LogP contribution is 2.28. The molecule has 6 nitrogen and oxygen atoms in total. The molecule has 0 spiro atoms. The average Bonchev–Trinajstić information content (AvgIpc) is 2.77. The van der Waals surface area contributed by atoms with Crippen LogP contribution >= 0.6 is 11.6 Å². The van der Waals surface area contributed by atoms with Crippen LogP contribution in [0.3, 0.4) is 0 Å². The number of aromatic nitrogens is 2. The smallest absolute Gasteiger partial charge is 0.256 e. The molecular formula is C24H42ClN5O. The maximum absolute atomic E-state index is 12.9. The van der Waals surface area contributed by atoms with Crippen molar-refractivity contribution in [3.8, 4) is 0 Å². The number of halogens is 1. The van der Waals surface area contributed by atoms with Crippen LogP contribution in [0.25, 0.3) is 0 Å². The van der Waals surface area contributed by atoms with Crippen molar-refractivity contribution in [1.82, 2.24) is 20.2 Å². The van der Waals surface area contributed by atoms with Crippen molar-refractivity contribution in [2.45, 2.75) is 110 Å². The van der Waals surface area contributed by atoms with Crippen molar-refractivity contribution < 1.29 is 4.79 Å². The van der Waals surface area contributed by atoms with Crippen LogP contribution in [-0.2, 0) is 0 Å². The van der Waals surface area contributed by atoms with Gasteiger partial charge in [0.2, 0.25) is 5.28 Å². The molecule has 4 rings (SSSR count). The molecule has 1 aromatic heterocycles. The lowest BCUT2D eigenvalue weighted by Gasteiger charge is -2.41. The van der Waals surface area contributed by atoms with Crippen molar-refractivity contribution in [3.05, 3.63) is 17.0 Å². The van der Waals surface area contributed by atoms with E-state index >= 15 is 0 Å². The maximum atomic E-state index is 12.9. The van der Waals surface area contributed by atoms with Gasteiger partial charge in [0.25, 0.3) is 5.91 Å². The fraction of sp³-hybridized carbons (Fsp3) is 0.792. The monoisotopic (exact) mass is 451 g/mol. The van der Waals surface area contributed by atoms with Crippen LogP contribution in [-0.4, -0.2) is 52.0 Å². The molecule has 0 bridgehead atoms. The number of likely N-dealkylation sites (tertiary alicyclic amines) is 1. The largest absolute Gasteiger partial charge is 0.367 e. The highest BCUT2D eigenvalue weighted by molar-refractivity contribution is 6.28. The number of hydrogen-bond donors (Lipinski definition) is 2. The summed E-state index contributed by atoms with van der Waals surface area (Å²) in [7, 11) is 0. The minimum atomic E-state index is -0.0907. The van der Waals surface area contributed by atoms with Crippen LogP contribution in [0.4, 0.5) is 5.82 Å². The van der Waals surface area contributed by atoms with Gasteiger partial charge in [0.15, 0.2) is 0 Å². The van der Waals surface area contributed by atoms with Crippen LogP contribution < -0.4 is 10.6 Å². The van der Waals surface area contributed by atoms with Crippen LogP contribution in [0.15, 0.2) is 6.20 Å². The summed E-state index contributed by atoms with van der Waals surface area (Å²) in [5, 5.41) is 6.82. The number of anilines is 1. The fourth-order valence-corrected chi connectivity index (χ4v) is 4.63. The molecule has 3 fully saturated rings. The molecule has 1 aliphatic heterocycles. The Hall–Kier alpha value is -1.40. The first-order valence-corrected chi connectivity index (χ1v) is 12.9. The summed E-state index contributed by atoms with van der Waals surface area (Å²) in [6.45, 7) is 10.2. The normalized spacial score (nSPS) is 20.4. The molecule has 0 radical (unpaired) electrons. The van der Waals surface area contributed by atoms with Gasteiger partial charge in [-0.1, -0.05) is 53.4 Å². The summed E-state index contributed by atoms with van der Waals surface area (Å²) >= 11 is 6.00. The van der Waals surface area contributed by atoms with Gasteiger partial charge in [-0.15, -0.1) is 0 Å². The molecule has 2 saturated carbocycles. The van der Waals surface area contributed by atoms with Crippen molar-refractivity contribution in [2.24, 2.45) is 0 Å². The Kier molecular flexibility index (Phi) is 11.6. The first-order chi connectivity index (χ1) is 15.2. The number of hydrogen-bond acceptors (Lipinski definition) is 5. The third-order valence-electron chi connectivity index (χ3n) is 6.41. The molecule has 31 heavy (non-hydrogen) atoms. The van der Waals surface area contributed by atoms with Gasteiger partial charge in [0.1, 0.15) is 11.4 Å². The van der Waals surface area contributed by atoms with Gasteiger partial charge in [-0.05, 0) is 50.1 Å².